The highest BCUT2D eigenvalue weighted by Crippen LogP contribution is 2.24. The van der Waals surface area contributed by atoms with Gasteiger partial charge in [0.05, 0.1) is 11.7 Å². The molecular formula is C14H18BrFN4. The summed E-state index contributed by atoms with van der Waals surface area (Å²) in [5.41, 5.74) is 5.39. The van der Waals surface area contributed by atoms with E-state index in [2.05, 4.69) is 26.5 Å². The van der Waals surface area contributed by atoms with Gasteiger partial charge in [0, 0.05) is 23.3 Å². The highest BCUT2D eigenvalue weighted by Gasteiger charge is 2.18. The van der Waals surface area contributed by atoms with Gasteiger partial charge in [0.1, 0.15) is 5.82 Å². The van der Waals surface area contributed by atoms with Gasteiger partial charge in [0.2, 0.25) is 0 Å². The SMILES string of the molecule is CCc1nn(C)cc1C(Cc1ccc(Br)cc1F)NN. The van der Waals surface area contributed by atoms with Crippen LogP contribution in [-0.4, -0.2) is 9.78 Å². The zero-order valence-electron chi connectivity index (χ0n) is 11.5. The van der Waals surface area contributed by atoms with E-state index in [0.29, 0.717) is 12.0 Å². The zero-order valence-corrected chi connectivity index (χ0v) is 13.1. The molecule has 0 saturated carbocycles. The first-order chi connectivity index (χ1) is 9.55. The normalized spacial score (nSPS) is 12.7. The Labute approximate surface area is 126 Å². The van der Waals surface area contributed by atoms with Gasteiger partial charge in [0.25, 0.3) is 0 Å². The number of nitrogens with zero attached hydrogens (tertiary/aromatic N) is 2. The van der Waals surface area contributed by atoms with E-state index in [-0.39, 0.29) is 11.9 Å². The minimum Gasteiger partial charge on any atom is -0.275 e. The monoisotopic (exact) mass is 340 g/mol. The standard InChI is InChI=1S/C14H18BrFN4/c1-3-13-11(8-20(2)19-13)14(18-17)6-9-4-5-10(15)7-12(9)16/h4-5,7-8,14,18H,3,6,17H2,1-2H3. The molecule has 0 spiro atoms. The summed E-state index contributed by atoms with van der Waals surface area (Å²) in [7, 11) is 1.87. The number of nitrogens with one attached hydrogen (secondary N) is 1. The summed E-state index contributed by atoms with van der Waals surface area (Å²) in [6.07, 6.45) is 3.23. The summed E-state index contributed by atoms with van der Waals surface area (Å²) in [5, 5.41) is 4.40. The number of aryl methyl sites for hydroxylation is 2. The smallest absolute Gasteiger partial charge is 0.127 e. The molecule has 0 radical (unpaired) electrons. The van der Waals surface area contributed by atoms with E-state index in [9.17, 15) is 4.39 Å². The van der Waals surface area contributed by atoms with Gasteiger partial charge in [0.15, 0.2) is 0 Å². The van der Waals surface area contributed by atoms with Crippen LogP contribution in [0.4, 0.5) is 4.39 Å². The first-order valence-corrected chi connectivity index (χ1v) is 7.27. The van der Waals surface area contributed by atoms with Crippen molar-refractivity contribution in [1.29, 1.82) is 0 Å². The minimum absolute atomic E-state index is 0.158. The second-order valence-corrected chi connectivity index (χ2v) is 5.63. The van der Waals surface area contributed by atoms with Gasteiger partial charge in [-0.3, -0.25) is 16.0 Å². The highest BCUT2D eigenvalue weighted by atomic mass is 79.9. The average Bonchev–Trinajstić information content (AvgIpc) is 2.79. The van der Waals surface area contributed by atoms with Crippen LogP contribution in [0.15, 0.2) is 28.9 Å². The van der Waals surface area contributed by atoms with Crippen molar-refractivity contribution in [3.63, 3.8) is 0 Å². The third-order valence-electron chi connectivity index (χ3n) is 3.29. The van der Waals surface area contributed by atoms with Crippen LogP contribution in [0.5, 0.6) is 0 Å². The summed E-state index contributed by atoms with van der Waals surface area (Å²) in [6.45, 7) is 2.04. The van der Waals surface area contributed by atoms with Crippen molar-refractivity contribution in [2.75, 3.05) is 0 Å². The maximum atomic E-state index is 13.9. The molecule has 1 aromatic carbocycles. The highest BCUT2D eigenvalue weighted by molar-refractivity contribution is 9.10. The predicted molar refractivity (Wildman–Crippen MR) is 80.5 cm³/mol. The fourth-order valence-electron chi connectivity index (χ4n) is 2.28. The van der Waals surface area contributed by atoms with Crippen LogP contribution in [0.25, 0.3) is 0 Å². The Bertz CT molecular complexity index is 597. The van der Waals surface area contributed by atoms with Crippen LogP contribution in [-0.2, 0) is 19.9 Å². The third-order valence-corrected chi connectivity index (χ3v) is 3.78. The number of benzene rings is 1. The molecule has 0 aliphatic rings. The van der Waals surface area contributed by atoms with Gasteiger partial charge < -0.3 is 0 Å². The van der Waals surface area contributed by atoms with Crippen LogP contribution in [0, 0.1) is 5.82 Å². The average molecular weight is 341 g/mol. The molecule has 2 aromatic rings. The largest absolute Gasteiger partial charge is 0.275 e. The number of aromatic nitrogens is 2. The molecule has 1 aromatic heterocycles. The lowest BCUT2D eigenvalue weighted by Gasteiger charge is -2.16. The minimum atomic E-state index is -0.235. The van der Waals surface area contributed by atoms with Crippen LogP contribution in [0.1, 0.15) is 29.8 Å². The first kappa shape index (κ1) is 15.2. The lowest BCUT2D eigenvalue weighted by molar-refractivity contribution is 0.525. The molecule has 1 heterocycles. The van der Waals surface area contributed by atoms with Gasteiger partial charge in [-0.25, -0.2) is 4.39 Å². The van der Waals surface area contributed by atoms with Crippen LogP contribution >= 0.6 is 15.9 Å². The van der Waals surface area contributed by atoms with Crippen molar-refractivity contribution in [3.05, 3.63) is 51.5 Å². The number of nitrogens with two attached hydrogens (primary N) is 1. The summed E-state index contributed by atoms with van der Waals surface area (Å²) in [4.78, 5) is 0. The number of rotatable bonds is 5. The predicted octanol–water partition coefficient (Wildman–Crippen LogP) is 2.63. The molecule has 108 valence electrons. The Kier molecular flexibility index (Phi) is 4.91. The molecule has 20 heavy (non-hydrogen) atoms. The lowest BCUT2D eigenvalue weighted by atomic mass is 9.99. The van der Waals surface area contributed by atoms with Crippen molar-refractivity contribution in [1.82, 2.24) is 15.2 Å². The Morgan fingerprint density at radius 1 is 1.50 bits per heavy atom. The molecule has 1 unspecified atom stereocenters. The van der Waals surface area contributed by atoms with Gasteiger partial charge in [-0.15, -0.1) is 0 Å². The Hall–Kier alpha value is -1.24. The van der Waals surface area contributed by atoms with E-state index < -0.39 is 0 Å². The molecule has 0 fully saturated rings. The van der Waals surface area contributed by atoms with Gasteiger partial charge in [-0.2, -0.15) is 5.10 Å². The topological polar surface area (TPSA) is 55.9 Å². The molecule has 2 rings (SSSR count). The Morgan fingerprint density at radius 2 is 2.25 bits per heavy atom. The van der Waals surface area contributed by atoms with E-state index in [0.717, 1.165) is 22.2 Å². The quantitative estimate of drug-likeness (QED) is 0.649. The van der Waals surface area contributed by atoms with E-state index in [1.165, 1.54) is 6.07 Å². The second-order valence-electron chi connectivity index (χ2n) is 4.72. The molecule has 0 aliphatic heterocycles. The van der Waals surface area contributed by atoms with Crippen molar-refractivity contribution >= 4 is 15.9 Å². The van der Waals surface area contributed by atoms with Crippen LogP contribution in [0.2, 0.25) is 0 Å². The van der Waals surface area contributed by atoms with E-state index in [1.54, 1.807) is 10.7 Å². The van der Waals surface area contributed by atoms with Crippen molar-refractivity contribution in [2.45, 2.75) is 25.8 Å². The summed E-state index contributed by atoms with van der Waals surface area (Å²) in [5.74, 6) is 5.41. The van der Waals surface area contributed by atoms with Gasteiger partial charge in [-0.05, 0) is 30.5 Å². The molecular weight excluding hydrogens is 323 g/mol. The van der Waals surface area contributed by atoms with Crippen LogP contribution < -0.4 is 11.3 Å². The molecule has 6 heteroatoms. The fourth-order valence-corrected chi connectivity index (χ4v) is 2.62. The Balaban J connectivity index is 2.28. The maximum Gasteiger partial charge on any atom is 0.127 e. The molecule has 0 saturated heterocycles. The maximum absolute atomic E-state index is 13.9. The molecule has 3 N–H and O–H groups in total. The Morgan fingerprint density at radius 3 is 2.85 bits per heavy atom. The summed E-state index contributed by atoms with van der Waals surface area (Å²) in [6, 6.07) is 4.91. The van der Waals surface area contributed by atoms with Gasteiger partial charge in [-0.1, -0.05) is 28.9 Å². The third kappa shape index (κ3) is 3.26. The van der Waals surface area contributed by atoms with Crippen molar-refractivity contribution in [3.8, 4) is 0 Å². The van der Waals surface area contributed by atoms with E-state index in [1.807, 2.05) is 26.2 Å². The molecule has 0 bridgehead atoms. The number of hydrazine groups is 1. The van der Waals surface area contributed by atoms with E-state index >= 15 is 0 Å². The van der Waals surface area contributed by atoms with Crippen molar-refractivity contribution < 1.29 is 4.39 Å². The van der Waals surface area contributed by atoms with E-state index in [4.69, 9.17) is 5.84 Å². The molecule has 0 aliphatic carbocycles. The number of halogens is 2. The van der Waals surface area contributed by atoms with Gasteiger partial charge >= 0.3 is 0 Å². The molecule has 0 amide bonds. The molecule has 4 nitrogen and oxygen atoms in total. The fraction of sp³-hybridized carbons (Fsp3) is 0.357. The zero-order chi connectivity index (χ0) is 14.7. The van der Waals surface area contributed by atoms with Crippen LogP contribution in [0.3, 0.4) is 0 Å². The summed E-state index contributed by atoms with van der Waals surface area (Å²) < 4.78 is 16.4. The lowest BCUT2D eigenvalue weighted by Crippen LogP contribution is -2.30. The number of hydrogen-bond donors (Lipinski definition) is 2. The molecule has 1 atom stereocenters. The second kappa shape index (κ2) is 6.47. The first-order valence-electron chi connectivity index (χ1n) is 6.47. The summed E-state index contributed by atoms with van der Waals surface area (Å²) >= 11 is 3.26. The number of hydrogen-bond acceptors (Lipinski definition) is 3. The van der Waals surface area contributed by atoms with Crippen molar-refractivity contribution in [2.24, 2.45) is 12.9 Å².